The van der Waals surface area contributed by atoms with Gasteiger partial charge in [0.2, 0.25) is 0 Å². The fraction of sp³-hybridized carbons (Fsp3) is 0.0769. The topological polar surface area (TPSA) is 20.2 Å². The lowest BCUT2D eigenvalue weighted by Crippen LogP contribution is -2.00. The zero-order valence-electron chi connectivity index (χ0n) is 8.70. The van der Waals surface area contributed by atoms with Crippen molar-refractivity contribution >= 4 is 39.1 Å². The molecular weight excluding hydrogens is 323 g/mol. The van der Waals surface area contributed by atoms with Gasteiger partial charge in [-0.1, -0.05) is 51.3 Å². The highest BCUT2D eigenvalue weighted by atomic mass is 79.9. The van der Waals surface area contributed by atoms with E-state index in [2.05, 4.69) is 15.9 Å². The molecule has 0 radical (unpaired) electrons. The SMILES string of the molecule is OC(c1ccc(Cl)cc1)c1cc(Br)ccc1Cl. The van der Waals surface area contributed by atoms with Gasteiger partial charge in [-0.05, 0) is 35.9 Å². The molecule has 4 heteroatoms. The summed E-state index contributed by atoms with van der Waals surface area (Å²) in [6.07, 6.45) is -0.753. The van der Waals surface area contributed by atoms with E-state index < -0.39 is 6.10 Å². The average Bonchev–Trinajstić information content (AvgIpc) is 2.32. The summed E-state index contributed by atoms with van der Waals surface area (Å²) in [6.45, 7) is 0. The molecule has 0 aromatic heterocycles. The van der Waals surface area contributed by atoms with Crippen LogP contribution >= 0.6 is 39.1 Å². The molecule has 1 N–H and O–H groups in total. The van der Waals surface area contributed by atoms with Crippen molar-refractivity contribution < 1.29 is 5.11 Å². The Kier molecular flexibility index (Phi) is 4.10. The van der Waals surface area contributed by atoms with Crippen molar-refractivity contribution in [3.05, 3.63) is 68.1 Å². The summed E-state index contributed by atoms with van der Waals surface area (Å²) < 4.78 is 0.880. The summed E-state index contributed by atoms with van der Waals surface area (Å²) in [5.74, 6) is 0. The lowest BCUT2D eigenvalue weighted by molar-refractivity contribution is 0.220. The third kappa shape index (κ3) is 3.02. The van der Waals surface area contributed by atoms with Crippen LogP contribution in [0.2, 0.25) is 10.0 Å². The maximum Gasteiger partial charge on any atom is 0.106 e. The quantitative estimate of drug-likeness (QED) is 0.835. The fourth-order valence-corrected chi connectivity index (χ4v) is 2.27. The third-order valence-corrected chi connectivity index (χ3v) is 3.53. The van der Waals surface area contributed by atoms with E-state index in [0.717, 1.165) is 10.0 Å². The maximum atomic E-state index is 10.2. The Balaban J connectivity index is 2.39. The van der Waals surface area contributed by atoms with Crippen molar-refractivity contribution in [1.29, 1.82) is 0 Å². The zero-order valence-corrected chi connectivity index (χ0v) is 11.8. The molecule has 0 fully saturated rings. The number of hydrogen-bond acceptors (Lipinski definition) is 1. The Labute approximate surface area is 118 Å². The first kappa shape index (κ1) is 12.9. The molecule has 1 atom stereocenters. The molecule has 0 bridgehead atoms. The predicted molar refractivity (Wildman–Crippen MR) is 74.7 cm³/mol. The normalized spacial score (nSPS) is 12.5. The van der Waals surface area contributed by atoms with E-state index in [1.165, 1.54) is 0 Å². The second kappa shape index (κ2) is 5.40. The Morgan fingerprint density at radius 1 is 1.00 bits per heavy atom. The minimum atomic E-state index is -0.753. The van der Waals surface area contributed by atoms with E-state index in [4.69, 9.17) is 23.2 Å². The number of halogens is 3. The van der Waals surface area contributed by atoms with E-state index in [1.54, 1.807) is 30.3 Å². The van der Waals surface area contributed by atoms with Gasteiger partial charge in [-0.3, -0.25) is 0 Å². The lowest BCUT2D eigenvalue weighted by Gasteiger charge is -2.13. The molecule has 0 heterocycles. The molecule has 2 rings (SSSR count). The first-order valence-electron chi connectivity index (χ1n) is 4.96. The number of rotatable bonds is 2. The summed E-state index contributed by atoms with van der Waals surface area (Å²) in [7, 11) is 0. The Bertz CT molecular complexity index is 525. The first-order chi connectivity index (χ1) is 8.08. The summed E-state index contributed by atoms with van der Waals surface area (Å²) in [4.78, 5) is 0. The van der Waals surface area contributed by atoms with Gasteiger partial charge in [-0.2, -0.15) is 0 Å². The van der Waals surface area contributed by atoms with E-state index in [-0.39, 0.29) is 0 Å². The van der Waals surface area contributed by atoms with Gasteiger partial charge in [0.25, 0.3) is 0 Å². The molecule has 88 valence electrons. The lowest BCUT2D eigenvalue weighted by atomic mass is 10.0. The monoisotopic (exact) mass is 330 g/mol. The molecule has 0 aliphatic heterocycles. The molecule has 0 aliphatic rings. The molecule has 2 aromatic carbocycles. The van der Waals surface area contributed by atoms with Crippen LogP contribution in [-0.2, 0) is 0 Å². The third-order valence-electron chi connectivity index (χ3n) is 2.44. The highest BCUT2D eigenvalue weighted by Crippen LogP contribution is 2.31. The summed E-state index contributed by atoms with van der Waals surface area (Å²) >= 11 is 15.2. The van der Waals surface area contributed by atoms with Gasteiger partial charge in [0.15, 0.2) is 0 Å². The van der Waals surface area contributed by atoms with Crippen molar-refractivity contribution in [2.45, 2.75) is 6.10 Å². The molecule has 0 spiro atoms. The van der Waals surface area contributed by atoms with Crippen LogP contribution in [0.5, 0.6) is 0 Å². The van der Waals surface area contributed by atoms with Gasteiger partial charge in [0.05, 0.1) is 0 Å². The van der Waals surface area contributed by atoms with Gasteiger partial charge in [0, 0.05) is 20.1 Å². The van der Waals surface area contributed by atoms with Gasteiger partial charge in [-0.25, -0.2) is 0 Å². The van der Waals surface area contributed by atoms with E-state index in [1.807, 2.05) is 12.1 Å². The largest absolute Gasteiger partial charge is 0.384 e. The molecular formula is C13H9BrCl2O. The zero-order chi connectivity index (χ0) is 12.4. The molecule has 0 amide bonds. The number of benzene rings is 2. The standard InChI is InChI=1S/C13H9BrCl2O/c14-9-3-6-12(16)11(7-9)13(17)8-1-4-10(15)5-2-8/h1-7,13,17H. The Hall–Kier alpha value is -0.540. The smallest absolute Gasteiger partial charge is 0.106 e. The summed E-state index contributed by atoms with van der Waals surface area (Å²) in [5, 5.41) is 11.4. The predicted octanol–water partition coefficient (Wildman–Crippen LogP) is 4.84. The highest BCUT2D eigenvalue weighted by Gasteiger charge is 2.14. The second-order valence-corrected chi connectivity index (χ2v) is 5.38. The molecule has 1 unspecified atom stereocenters. The first-order valence-corrected chi connectivity index (χ1v) is 6.51. The molecule has 1 nitrogen and oxygen atoms in total. The Morgan fingerprint density at radius 2 is 1.65 bits per heavy atom. The number of hydrogen-bond donors (Lipinski definition) is 1. The van der Waals surface area contributed by atoms with Gasteiger partial charge in [-0.15, -0.1) is 0 Å². The van der Waals surface area contributed by atoms with Crippen molar-refractivity contribution in [3.63, 3.8) is 0 Å². The highest BCUT2D eigenvalue weighted by molar-refractivity contribution is 9.10. The van der Waals surface area contributed by atoms with Crippen LogP contribution in [0.4, 0.5) is 0 Å². The summed E-state index contributed by atoms with van der Waals surface area (Å²) in [5.41, 5.74) is 1.43. The number of aliphatic hydroxyl groups excluding tert-OH is 1. The minimum absolute atomic E-state index is 0.538. The van der Waals surface area contributed by atoms with E-state index >= 15 is 0 Å². The van der Waals surface area contributed by atoms with Crippen LogP contribution in [0.1, 0.15) is 17.2 Å². The maximum absolute atomic E-state index is 10.2. The number of aliphatic hydroxyl groups is 1. The van der Waals surface area contributed by atoms with Crippen LogP contribution in [0.15, 0.2) is 46.9 Å². The molecule has 17 heavy (non-hydrogen) atoms. The van der Waals surface area contributed by atoms with Gasteiger partial charge < -0.3 is 5.11 Å². The minimum Gasteiger partial charge on any atom is -0.384 e. The van der Waals surface area contributed by atoms with Gasteiger partial charge >= 0.3 is 0 Å². The van der Waals surface area contributed by atoms with Crippen LogP contribution < -0.4 is 0 Å². The van der Waals surface area contributed by atoms with Crippen LogP contribution in [-0.4, -0.2) is 5.11 Å². The van der Waals surface area contributed by atoms with E-state index in [0.29, 0.717) is 15.6 Å². The second-order valence-electron chi connectivity index (χ2n) is 3.62. The molecule has 0 saturated carbocycles. The van der Waals surface area contributed by atoms with Crippen LogP contribution in [0, 0.1) is 0 Å². The van der Waals surface area contributed by atoms with Crippen LogP contribution in [0.25, 0.3) is 0 Å². The van der Waals surface area contributed by atoms with Crippen molar-refractivity contribution in [2.24, 2.45) is 0 Å². The van der Waals surface area contributed by atoms with Crippen molar-refractivity contribution in [2.75, 3.05) is 0 Å². The van der Waals surface area contributed by atoms with Gasteiger partial charge in [0.1, 0.15) is 6.10 Å². The fourth-order valence-electron chi connectivity index (χ4n) is 1.55. The van der Waals surface area contributed by atoms with Crippen molar-refractivity contribution in [3.8, 4) is 0 Å². The molecule has 0 aliphatic carbocycles. The van der Waals surface area contributed by atoms with Crippen molar-refractivity contribution in [1.82, 2.24) is 0 Å². The van der Waals surface area contributed by atoms with E-state index in [9.17, 15) is 5.11 Å². The molecule has 2 aromatic rings. The van der Waals surface area contributed by atoms with Crippen LogP contribution in [0.3, 0.4) is 0 Å². The average molecular weight is 332 g/mol. The summed E-state index contributed by atoms with van der Waals surface area (Å²) in [6, 6.07) is 12.4. The molecule has 0 saturated heterocycles. The Morgan fingerprint density at radius 3 is 2.29 bits per heavy atom.